The van der Waals surface area contributed by atoms with Crippen LogP contribution in [0.4, 0.5) is 13.2 Å². The minimum Gasteiger partial charge on any atom is -0.495 e. The van der Waals surface area contributed by atoms with Gasteiger partial charge in [-0.1, -0.05) is 35.3 Å². The topological polar surface area (TPSA) is 18.5 Å². The number of methoxy groups -OCH3 is 1. The first-order valence-corrected chi connectivity index (χ1v) is 6.90. The Bertz CT molecular complexity index is 672. The maximum Gasteiger partial charge on any atom is 0.573 e. The number of halogens is 5. The molecule has 22 heavy (non-hydrogen) atoms. The fraction of sp³-hybridized carbons (Fsp3) is 0.200. The third-order valence-electron chi connectivity index (χ3n) is 2.87. The molecule has 0 aliphatic carbocycles. The van der Waals surface area contributed by atoms with E-state index in [1.165, 1.54) is 19.2 Å². The molecule has 0 aromatic heterocycles. The Morgan fingerprint density at radius 1 is 1.00 bits per heavy atom. The van der Waals surface area contributed by atoms with Crippen LogP contribution in [0.5, 0.6) is 11.5 Å². The summed E-state index contributed by atoms with van der Waals surface area (Å²) in [6.07, 6.45) is -4.32. The lowest BCUT2D eigenvalue weighted by Crippen LogP contribution is -2.17. The van der Waals surface area contributed by atoms with Crippen LogP contribution < -0.4 is 9.47 Å². The molecule has 0 aliphatic heterocycles. The molecule has 2 aromatic rings. The van der Waals surface area contributed by atoms with Crippen LogP contribution in [0.25, 0.3) is 0 Å². The summed E-state index contributed by atoms with van der Waals surface area (Å²) in [7, 11) is 1.51. The molecular formula is C15H11Cl2F3O2. The normalized spacial score (nSPS) is 11.4. The van der Waals surface area contributed by atoms with Crippen molar-refractivity contribution in [1.29, 1.82) is 0 Å². The van der Waals surface area contributed by atoms with Gasteiger partial charge in [-0.25, -0.2) is 0 Å². The average Bonchev–Trinajstić information content (AvgIpc) is 2.40. The van der Waals surface area contributed by atoms with Crippen LogP contribution in [0.1, 0.15) is 11.1 Å². The van der Waals surface area contributed by atoms with Crippen LogP contribution in [0, 0.1) is 0 Å². The highest BCUT2D eigenvalue weighted by atomic mass is 35.5. The first-order valence-electron chi connectivity index (χ1n) is 6.15. The molecule has 0 fully saturated rings. The van der Waals surface area contributed by atoms with E-state index in [0.29, 0.717) is 22.8 Å². The van der Waals surface area contributed by atoms with Crippen LogP contribution in [0.2, 0.25) is 10.0 Å². The van der Waals surface area contributed by atoms with E-state index in [1.807, 2.05) is 0 Å². The van der Waals surface area contributed by atoms with E-state index >= 15 is 0 Å². The number of ether oxygens (including phenoxy) is 2. The lowest BCUT2D eigenvalue weighted by atomic mass is 10.0. The number of benzene rings is 2. The number of hydrogen-bond acceptors (Lipinski definition) is 2. The summed E-state index contributed by atoms with van der Waals surface area (Å²) >= 11 is 12.0. The van der Waals surface area contributed by atoms with Crippen molar-refractivity contribution >= 4 is 23.2 Å². The Balaban J connectivity index is 2.18. The monoisotopic (exact) mass is 350 g/mol. The second-order valence-electron chi connectivity index (χ2n) is 4.45. The van der Waals surface area contributed by atoms with Gasteiger partial charge in [0, 0.05) is 5.02 Å². The largest absolute Gasteiger partial charge is 0.573 e. The molecule has 0 aliphatic rings. The molecule has 118 valence electrons. The third-order valence-corrected chi connectivity index (χ3v) is 3.52. The Hall–Kier alpha value is -1.59. The molecule has 0 N–H and O–H groups in total. The smallest absolute Gasteiger partial charge is 0.495 e. The minimum absolute atomic E-state index is 0.189. The molecular weight excluding hydrogens is 340 g/mol. The number of alkyl halides is 3. The first-order chi connectivity index (χ1) is 10.3. The SMILES string of the molecule is COc1ccc(Cc2ccc(OC(F)(F)F)cc2Cl)cc1Cl. The highest BCUT2D eigenvalue weighted by molar-refractivity contribution is 6.32. The van der Waals surface area contributed by atoms with E-state index in [4.69, 9.17) is 27.9 Å². The van der Waals surface area contributed by atoms with Crippen molar-refractivity contribution in [2.75, 3.05) is 7.11 Å². The summed E-state index contributed by atoms with van der Waals surface area (Å²) in [4.78, 5) is 0. The molecule has 0 radical (unpaired) electrons. The zero-order chi connectivity index (χ0) is 16.3. The van der Waals surface area contributed by atoms with E-state index < -0.39 is 6.36 Å². The highest BCUT2D eigenvalue weighted by Crippen LogP contribution is 2.30. The van der Waals surface area contributed by atoms with Gasteiger partial charge in [-0.2, -0.15) is 0 Å². The fourth-order valence-electron chi connectivity index (χ4n) is 1.91. The zero-order valence-electron chi connectivity index (χ0n) is 11.4. The summed E-state index contributed by atoms with van der Waals surface area (Å²) in [5.41, 5.74) is 1.52. The van der Waals surface area contributed by atoms with Gasteiger partial charge in [-0.05, 0) is 41.8 Å². The average molecular weight is 351 g/mol. The van der Waals surface area contributed by atoms with Crippen LogP contribution in [0.3, 0.4) is 0 Å². The first kappa shape index (κ1) is 16.8. The highest BCUT2D eigenvalue weighted by Gasteiger charge is 2.31. The van der Waals surface area contributed by atoms with Crippen LogP contribution in [-0.2, 0) is 6.42 Å². The second kappa shape index (κ2) is 6.67. The summed E-state index contributed by atoms with van der Waals surface area (Å²) in [6, 6.07) is 9.08. The van der Waals surface area contributed by atoms with Crippen molar-refractivity contribution in [1.82, 2.24) is 0 Å². The molecule has 0 unspecified atom stereocenters. The maximum absolute atomic E-state index is 12.1. The van der Waals surface area contributed by atoms with Gasteiger partial charge in [0.25, 0.3) is 0 Å². The van der Waals surface area contributed by atoms with Crippen molar-refractivity contribution in [2.24, 2.45) is 0 Å². The summed E-state index contributed by atoms with van der Waals surface area (Å²) in [6.45, 7) is 0. The van der Waals surface area contributed by atoms with Crippen molar-refractivity contribution in [3.63, 3.8) is 0 Å². The Labute approximate surface area is 135 Å². The molecule has 0 saturated carbocycles. The van der Waals surface area contributed by atoms with E-state index in [0.717, 1.165) is 11.6 Å². The molecule has 0 saturated heterocycles. The lowest BCUT2D eigenvalue weighted by Gasteiger charge is -2.11. The molecule has 2 rings (SSSR count). The van der Waals surface area contributed by atoms with Crippen molar-refractivity contribution in [3.8, 4) is 11.5 Å². The maximum atomic E-state index is 12.1. The van der Waals surface area contributed by atoms with Gasteiger partial charge in [-0.3, -0.25) is 0 Å². The van der Waals surface area contributed by atoms with Gasteiger partial charge in [-0.15, -0.1) is 13.2 Å². The summed E-state index contributed by atoms with van der Waals surface area (Å²) in [5, 5.41) is 0.641. The zero-order valence-corrected chi connectivity index (χ0v) is 12.9. The van der Waals surface area contributed by atoms with Crippen LogP contribution in [-0.4, -0.2) is 13.5 Å². The van der Waals surface area contributed by atoms with E-state index in [1.54, 1.807) is 18.2 Å². The molecule has 7 heteroatoms. The standard InChI is InChI=1S/C15H11Cl2F3O2/c1-21-14-5-2-9(7-13(14)17)6-10-3-4-11(8-12(10)16)22-15(18,19)20/h2-5,7-8H,6H2,1H3. The van der Waals surface area contributed by atoms with Crippen LogP contribution in [0.15, 0.2) is 36.4 Å². The van der Waals surface area contributed by atoms with Crippen molar-refractivity contribution in [3.05, 3.63) is 57.6 Å². The fourth-order valence-corrected chi connectivity index (χ4v) is 2.43. The molecule has 0 heterocycles. The molecule has 0 bridgehead atoms. The quantitative estimate of drug-likeness (QED) is 0.725. The molecule has 0 amide bonds. The van der Waals surface area contributed by atoms with Crippen molar-refractivity contribution < 1.29 is 22.6 Å². The van der Waals surface area contributed by atoms with Gasteiger partial charge < -0.3 is 9.47 Å². The van der Waals surface area contributed by atoms with Gasteiger partial charge in [0.1, 0.15) is 11.5 Å². The minimum atomic E-state index is -4.74. The molecule has 2 aromatic carbocycles. The van der Waals surface area contributed by atoms with Gasteiger partial charge in [0.05, 0.1) is 12.1 Å². The van der Waals surface area contributed by atoms with Crippen LogP contribution >= 0.6 is 23.2 Å². The van der Waals surface area contributed by atoms with Gasteiger partial charge in [0.2, 0.25) is 0 Å². The molecule has 0 spiro atoms. The van der Waals surface area contributed by atoms with Gasteiger partial charge >= 0.3 is 6.36 Å². The summed E-state index contributed by atoms with van der Waals surface area (Å²) in [5.74, 6) is 0.194. The number of rotatable bonds is 4. The predicted octanol–water partition coefficient (Wildman–Crippen LogP) is 5.49. The van der Waals surface area contributed by atoms with Gasteiger partial charge in [0.15, 0.2) is 0 Å². The predicted molar refractivity (Wildman–Crippen MR) is 78.9 cm³/mol. The van der Waals surface area contributed by atoms with E-state index in [-0.39, 0.29) is 10.8 Å². The Kier molecular flexibility index (Phi) is 5.08. The van der Waals surface area contributed by atoms with E-state index in [2.05, 4.69) is 4.74 Å². The van der Waals surface area contributed by atoms with Crippen molar-refractivity contribution in [2.45, 2.75) is 12.8 Å². The Morgan fingerprint density at radius 2 is 1.73 bits per heavy atom. The third kappa shape index (κ3) is 4.45. The molecule has 0 atom stereocenters. The second-order valence-corrected chi connectivity index (χ2v) is 5.26. The Morgan fingerprint density at radius 3 is 2.27 bits per heavy atom. The number of hydrogen-bond donors (Lipinski definition) is 0. The lowest BCUT2D eigenvalue weighted by molar-refractivity contribution is -0.274. The summed E-state index contributed by atoms with van der Waals surface area (Å²) < 4.78 is 45.3. The van der Waals surface area contributed by atoms with E-state index in [9.17, 15) is 13.2 Å². The molecule has 2 nitrogen and oxygen atoms in total.